The monoisotopic (exact) mass is 524 g/mol. The second-order valence-electron chi connectivity index (χ2n) is 7.96. The summed E-state index contributed by atoms with van der Waals surface area (Å²) in [4.78, 5) is 0. The van der Waals surface area contributed by atoms with Crippen LogP contribution in [0.4, 0.5) is 0 Å². The molecule has 0 fully saturated rings. The maximum Gasteiger partial charge on any atom is 0.144 e. The van der Waals surface area contributed by atoms with Gasteiger partial charge in [-0.15, -0.1) is 0 Å². The minimum absolute atomic E-state index is 0.0409. The quantitative estimate of drug-likeness (QED) is 0.131. The standard InChI is InChI=1S/C29H33IO/c1-2-3-4-5-15-22-28(23-24-30)31-29(25-16-9-6-10-17-25,26-18-11-7-12-19-26)27-20-13-8-14-21-27/h6-14,16-21,23-24,28H,2-5,15,22H2,1H3/b24-23+. The fourth-order valence-corrected chi connectivity index (χ4v) is 4.64. The first kappa shape index (κ1) is 23.7. The minimum atomic E-state index is -0.659. The first-order valence-corrected chi connectivity index (χ1v) is 12.7. The van der Waals surface area contributed by atoms with Gasteiger partial charge in [0.15, 0.2) is 0 Å². The van der Waals surface area contributed by atoms with Gasteiger partial charge < -0.3 is 4.74 Å². The van der Waals surface area contributed by atoms with Gasteiger partial charge in [-0.1, -0.05) is 153 Å². The van der Waals surface area contributed by atoms with Gasteiger partial charge in [-0.3, -0.25) is 0 Å². The number of hydrogen-bond donors (Lipinski definition) is 0. The summed E-state index contributed by atoms with van der Waals surface area (Å²) >= 11 is 2.31. The average molecular weight is 524 g/mol. The summed E-state index contributed by atoms with van der Waals surface area (Å²) in [6, 6.07) is 32.0. The Labute approximate surface area is 201 Å². The largest absolute Gasteiger partial charge is 0.354 e. The van der Waals surface area contributed by atoms with Crippen molar-refractivity contribution in [2.24, 2.45) is 0 Å². The van der Waals surface area contributed by atoms with E-state index in [1.807, 2.05) is 0 Å². The van der Waals surface area contributed by atoms with E-state index in [0.717, 1.165) is 23.1 Å². The Kier molecular flexibility index (Phi) is 9.83. The number of benzene rings is 3. The molecule has 0 amide bonds. The highest BCUT2D eigenvalue weighted by atomic mass is 127. The molecule has 0 saturated heterocycles. The number of rotatable bonds is 12. The molecule has 162 valence electrons. The van der Waals surface area contributed by atoms with E-state index in [0.29, 0.717) is 0 Å². The molecule has 0 bridgehead atoms. The van der Waals surface area contributed by atoms with Gasteiger partial charge in [0.1, 0.15) is 5.60 Å². The number of hydrogen-bond acceptors (Lipinski definition) is 1. The zero-order chi connectivity index (χ0) is 21.8. The molecule has 31 heavy (non-hydrogen) atoms. The Hall–Kier alpha value is -1.91. The van der Waals surface area contributed by atoms with Crippen LogP contribution in [0.3, 0.4) is 0 Å². The lowest BCUT2D eigenvalue weighted by Gasteiger charge is -2.38. The fourth-order valence-electron chi connectivity index (χ4n) is 4.17. The van der Waals surface area contributed by atoms with Gasteiger partial charge in [-0.2, -0.15) is 0 Å². The molecule has 0 N–H and O–H groups in total. The molecule has 3 aromatic rings. The van der Waals surface area contributed by atoms with E-state index in [-0.39, 0.29) is 6.10 Å². The van der Waals surface area contributed by atoms with Gasteiger partial charge >= 0.3 is 0 Å². The highest BCUT2D eigenvalue weighted by Crippen LogP contribution is 2.42. The molecule has 0 aliphatic heterocycles. The van der Waals surface area contributed by atoms with E-state index < -0.39 is 5.60 Å². The Balaban J connectivity index is 2.04. The molecule has 1 unspecified atom stereocenters. The molecule has 0 saturated carbocycles. The summed E-state index contributed by atoms with van der Waals surface area (Å²) in [5.74, 6) is 0. The van der Waals surface area contributed by atoms with Crippen molar-refractivity contribution in [3.05, 3.63) is 118 Å². The molecule has 0 radical (unpaired) electrons. The summed E-state index contributed by atoms with van der Waals surface area (Å²) < 4.78 is 9.25. The number of unbranched alkanes of at least 4 members (excludes halogenated alkanes) is 4. The van der Waals surface area contributed by atoms with E-state index in [4.69, 9.17) is 4.74 Å². The zero-order valence-corrected chi connectivity index (χ0v) is 20.6. The van der Waals surface area contributed by atoms with Gasteiger partial charge in [0.05, 0.1) is 6.10 Å². The molecular weight excluding hydrogens is 491 g/mol. The van der Waals surface area contributed by atoms with E-state index >= 15 is 0 Å². The van der Waals surface area contributed by atoms with Crippen molar-refractivity contribution in [1.82, 2.24) is 0 Å². The SMILES string of the molecule is CCCCCCCC(/C=C/I)OC(c1ccccc1)(c1ccccc1)c1ccccc1. The second-order valence-corrected chi connectivity index (χ2v) is 8.68. The summed E-state index contributed by atoms with van der Waals surface area (Å²) in [6.07, 6.45) is 9.61. The van der Waals surface area contributed by atoms with Crippen molar-refractivity contribution < 1.29 is 4.74 Å². The summed E-state index contributed by atoms with van der Waals surface area (Å²) in [6.45, 7) is 2.26. The highest BCUT2D eigenvalue weighted by Gasteiger charge is 2.39. The van der Waals surface area contributed by atoms with Crippen LogP contribution < -0.4 is 0 Å². The van der Waals surface area contributed by atoms with Crippen molar-refractivity contribution >= 4 is 22.6 Å². The smallest absolute Gasteiger partial charge is 0.144 e. The van der Waals surface area contributed by atoms with Gasteiger partial charge in [0, 0.05) is 0 Å². The van der Waals surface area contributed by atoms with Crippen LogP contribution in [-0.2, 0) is 10.3 Å². The van der Waals surface area contributed by atoms with E-state index in [1.54, 1.807) is 0 Å². The molecule has 3 rings (SSSR count). The van der Waals surface area contributed by atoms with Crippen molar-refractivity contribution in [3.63, 3.8) is 0 Å². The van der Waals surface area contributed by atoms with Crippen LogP contribution in [0.25, 0.3) is 0 Å². The third kappa shape index (κ3) is 6.30. The maximum absolute atomic E-state index is 7.15. The predicted octanol–water partition coefficient (Wildman–Crippen LogP) is 8.67. The maximum atomic E-state index is 7.15. The predicted molar refractivity (Wildman–Crippen MR) is 141 cm³/mol. The summed E-state index contributed by atoms with van der Waals surface area (Å²) in [7, 11) is 0. The summed E-state index contributed by atoms with van der Waals surface area (Å²) in [5.41, 5.74) is 2.81. The molecule has 0 heterocycles. The summed E-state index contributed by atoms with van der Waals surface area (Å²) in [5, 5.41) is 0. The zero-order valence-electron chi connectivity index (χ0n) is 18.4. The van der Waals surface area contributed by atoms with Crippen LogP contribution >= 0.6 is 22.6 Å². The molecule has 2 heteroatoms. The molecule has 0 aliphatic carbocycles. The van der Waals surface area contributed by atoms with Crippen molar-refractivity contribution in [2.75, 3.05) is 0 Å². The molecule has 0 aromatic heterocycles. The Morgan fingerprint density at radius 2 is 1.16 bits per heavy atom. The van der Waals surface area contributed by atoms with Gasteiger partial charge in [-0.25, -0.2) is 0 Å². The molecule has 0 aliphatic rings. The number of ether oxygens (including phenoxy) is 1. The van der Waals surface area contributed by atoms with Gasteiger partial charge in [-0.05, 0) is 33.3 Å². The van der Waals surface area contributed by atoms with E-state index in [9.17, 15) is 0 Å². The molecule has 0 spiro atoms. The van der Waals surface area contributed by atoms with Crippen molar-refractivity contribution in [1.29, 1.82) is 0 Å². The van der Waals surface area contributed by atoms with Crippen LogP contribution in [-0.4, -0.2) is 6.10 Å². The van der Waals surface area contributed by atoms with Crippen molar-refractivity contribution in [3.8, 4) is 0 Å². The minimum Gasteiger partial charge on any atom is -0.354 e. The van der Waals surface area contributed by atoms with E-state index in [2.05, 4.69) is 131 Å². The Morgan fingerprint density at radius 3 is 1.58 bits per heavy atom. The molecule has 1 nitrogen and oxygen atoms in total. The van der Waals surface area contributed by atoms with Crippen LogP contribution in [0, 0.1) is 0 Å². The highest BCUT2D eigenvalue weighted by molar-refractivity contribution is 14.1. The number of halogens is 1. The van der Waals surface area contributed by atoms with Crippen LogP contribution in [0.2, 0.25) is 0 Å². The molecule has 1 atom stereocenters. The molecule has 3 aromatic carbocycles. The topological polar surface area (TPSA) is 9.23 Å². The van der Waals surface area contributed by atoms with E-state index in [1.165, 1.54) is 32.1 Å². The third-order valence-corrected chi connectivity index (χ3v) is 6.16. The lowest BCUT2D eigenvalue weighted by Crippen LogP contribution is -2.36. The second kappa shape index (κ2) is 12.8. The lowest BCUT2D eigenvalue weighted by molar-refractivity contribution is -0.0285. The lowest BCUT2D eigenvalue weighted by atomic mass is 9.79. The van der Waals surface area contributed by atoms with Crippen molar-refractivity contribution in [2.45, 2.75) is 57.2 Å². The fraction of sp³-hybridized carbons (Fsp3) is 0.310. The molecular formula is C29H33IO. The van der Waals surface area contributed by atoms with Gasteiger partial charge in [0.25, 0.3) is 0 Å². The Bertz CT molecular complexity index is 793. The van der Waals surface area contributed by atoms with Crippen LogP contribution in [0.15, 0.2) is 101 Å². The first-order valence-electron chi connectivity index (χ1n) is 11.4. The van der Waals surface area contributed by atoms with Gasteiger partial charge in [0.2, 0.25) is 0 Å². The van der Waals surface area contributed by atoms with Crippen LogP contribution in [0.1, 0.15) is 62.1 Å². The van der Waals surface area contributed by atoms with Crippen LogP contribution in [0.5, 0.6) is 0 Å². The third-order valence-electron chi connectivity index (χ3n) is 5.75. The average Bonchev–Trinajstić information content (AvgIpc) is 2.84. The normalized spacial score (nSPS) is 12.8. The first-order chi connectivity index (χ1) is 15.3. The Morgan fingerprint density at radius 1 is 0.710 bits per heavy atom.